The first-order valence-electron chi connectivity index (χ1n) is 3.65. The number of fused-ring (bicyclic) bond motifs is 1. The molecule has 13 heavy (non-hydrogen) atoms. The first-order valence-corrected chi connectivity index (χ1v) is 6.00. The number of rotatable bonds is 1. The Kier molecular flexibility index (Phi) is 2.21. The van der Waals surface area contributed by atoms with Gasteiger partial charge in [0.15, 0.2) is 0 Å². The van der Waals surface area contributed by atoms with Gasteiger partial charge in [0.1, 0.15) is 5.03 Å². The molecule has 0 fully saturated rings. The number of hydrogen-bond acceptors (Lipinski definition) is 2. The van der Waals surface area contributed by atoms with E-state index in [2.05, 4.69) is 26.1 Å². The molecule has 0 bridgehead atoms. The summed E-state index contributed by atoms with van der Waals surface area (Å²) >= 11 is 3.36. The topological polar surface area (TPSA) is 45.8 Å². The van der Waals surface area contributed by atoms with Crippen LogP contribution in [0.2, 0.25) is 0 Å². The van der Waals surface area contributed by atoms with Crippen molar-refractivity contribution in [1.29, 1.82) is 0 Å². The van der Waals surface area contributed by atoms with Crippen molar-refractivity contribution in [2.24, 2.45) is 0 Å². The van der Waals surface area contributed by atoms with Crippen molar-refractivity contribution in [2.75, 3.05) is 6.26 Å². The molecule has 0 aliphatic heterocycles. The van der Waals surface area contributed by atoms with Crippen LogP contribution >= 0.6 is 15.9 Å². The van der Waals surface area contributed by atoms with Crippen LogP contribution in [-0.4, -0.2) is 20.7 Å². The zero-order valence-electron chi connectivity index (χ0n) is 6.87. The molecule has 1 heterocycles. The lowest BCUT2D eigenvalue weighted by atomic mass is 10.3. The fraction of sp³-hybridized carbons (Fsp3) is 0.125. The number of nitrogens with one attached hydrogen (secondary N) is 1. The van der Waals surface area contributed by atoms with Crippen molar-refractivity contribution in [3.05, 3.63) is 22.7 Å². The number of benzene rings is 1. The average Bonchev–Trinajstić information content (AvgIpc) is 2.46. The highest BCUT2D eigenvalue weighted by molar-refractivity contribution is 9.10. The summed E-state index contributed by atoms with van der Waals surface area (Å²) < 4.78 is 12.2. The molecule has 1 aromatic carbocycles. The lowest BCUT2D eigenvalue weighted by Gasteiger charge is -1.92. The molecule has 0 unspecified atom stereocenters. The fourth-order valence-corrected chi connectivity index (χ4v) is 2.19. The molecule has 0 saturated heterocycles. The molecule has 0 amide bonds. The molecule has 1 N–H and O–H groups in total. The van der Waals surface area contributed by atoms with E-state index in [-0.39, 0.29) is 0 Å². The number of hydrogen-bond donors (Lipinski definition) is 1. The molecular weight excluding hydrogens is 252 g/mol. The summed E-state index contributed by atoms with van der Waals surface area (Å²) in [6.45, 7) is 0. The van der Waals surface area contributed by atoms with Crippen molar-refractivity contribution < 1.29 is 4.21 Å². The number of H-pyrrole nitrogens is 1. The Balaban J connectivity index is 2.79. The maximum Gasteiger partial charge on any atom is 0.129 e. The molecule has 68 valence electrons. The van der Waals surface area contributed by atoms with E-state index in [9.17, 15) is 4.21 Å². The summed E-state index contributed by atoms with van der Waals surface area (Å²) in [6, 6.07) is 5.70. The van der Waals surface area contributed by atoms with Crippen molar-refractivity contribution in [3.8, 4) is 0 Å². The van der Waals surface area contributed by atoms with Gasteiger partial charge in [0.25, 0.3) is 0 Å². The second kappa shape index (κ2) is 3.23. The van der Waals surface area contributed by atoms with E-state index >= 15 is 0 Å². The quantitative estimate of drug-likeness (QED) is 0.852. The summed E-state index contributed by atoms with van der Waals surface area (Å²) in [5, 5.41) is 8.40. The molecule has 0 radical (unpaired) electrons. The van der Waals surface area contributed by atoms with E-state index in [1.165, 1.54) is 0 Å². The van der Waals surface area contributed by atoms with E-state index in [0.717, 1.165) is 15.4 Å². The predicted octanol–water partition coefficient (Wildman–Crippen LogP) is 2.06. The van der Waals surface area contributed by atoms with Gasteiger partial charge >= 0.3 is 0 Å². The van der Waals surface area contributed by atoms with E-state index in [0.29, 0.717) is 5.03 Å². The Bertz CT molecular complexity index is 480. The van der Waals surface area contributed by atoms with Crippen LogP contribution in [0.3, 0.4) is 0 Å². The van der Waals surface area contributed by atoms with Crippen molar-refractivity contribution in [3.63, 3.8) is 0 Å². The molecular formula is C8H7BrN2OS. The highest BCUT2D eigenvalue weighted by Gasteiger charge is 2.07. The molecule has 1 atom stereocenters. The Morgan fingerprint density at radius 3 is 3.00 bits per heavy atom. The smallest absolute Gasteiger partial charge is 0.129 e. The van der Waals surface area contributed by atoms with Crippen LogP contribution in [0.1, 0.15) is 0 Å². The first-order chi connectivity index (χ1) is 6.18. The third kappa shape index (κ3) is 1.53. The van der Waals surface area contributed by atoms with E-state index in [1.807, 2.05) is 18.2 Å². The normalized spacial score (nSPS) is 13.4. The summed E-state index contributed by atoms with van der Waals surface area (Å²) in [6.07, 6.45) is 1.63. The van der Waals surface area contributed by atoms with Crippen LogP contribution in [0.4, 0.5) is 0 Å². The van der Waals surface area contributed by atoms with Crippen LogP contribution in [0.25, 0.3) is 10.9 Å². The maximum atomic E-state index is 11.3. The molecule has 2 rings (SSSR count). The fourth-order valence-electron chi connectivity index (χ4n) is 1.18. The molecule has 2 aromatic rings. The van der Waals surface area contributed by atoms with Gasteiger partial charge in [-0.1, -0.05) is 15.9 Å². The average molecular weight is 259 g/mol. The van der Waals surface area contributed by atoms with Crippen LogP contribution in [0.5, 0.6) is 0 Å². The predicted molar refractivity (Wildman–Crippen MR) is 56.1 cm³/mol. The second-order valence-corrected chi connectivity index (χ2v) is 4.90. The summed E-state index contributed by atoms with van der Waals surface area (Å²) in [5.74, 6) is 0. The molecule has 3 nitrogen and oxygen atoms in total. The van der Waals surface area contributed by atoms with Gasteiger partial charge in [-0.05, 0) is 18.2 Å². The molecule has 5 heteroatoms. The van der Waals surface area contributed by atoms with Crippen molar-refractivity contribution >= 4 is 37.6 Å². The monoisotopic (exact) mass is 258 g/mol. The van der Waals surface area contributed by atoms with Gasteiger partial charge in [-0.25, -0.2) is 0 Å². The molecule has 1 aromatic heterocycles. The van der Waals surface area contributed by atoms with Crippen LogP contribution in [0.15, 0.2) is 27.7 Å². The second-order valence-electron chi connectivity index (χ2n) is 2.67. The van der Waals surface area contributed by atoms with Gasteiger partial charge in [-0.3, -0.25) is 9.31 Å². The molecule has 0 aliphatic carbocycles. The highest BCUT2D eigenvalue weighted by Crippen LogP contribution is 2.22. The minimum Gasteiger partial charge on any atom is -0.268 e. The lowest BCUT2D eigenvalue weighted by Crippen LogP contribution is -1.87. The van der Waals surface area contributed by atoms with Crippen LogP contribution in [0, 0.1) is 0 Å². The van der Waals surface area contributed by atoms with Crippen LogP contribution < -0.4 is 0 Å². The highest BCUT2D eigenvalue weighted by atomic mass is 79.9. The number of nitrogens with zero attached hydrogens (tertiary/aromatic N) is 1. The zero-order valence-corrected chi connectivity index (χ0v) is 9.28. The van der Waals surface area contributed by atoms with Crippen molar-refractivity contribution in [2.45, 2.75) is 5.03 Å². The van der Waals surface area contributed by atoms with Crippen LogP contribution in [-0.2, 0) is 10.8 Å². The van der Waals surface area contributed by atoms with Gasteiger partial charge in [-0.15, -0.1) is 0 Å². The number of aromatic nitrogens is 2. The minimum atomic E-state index is -1.02. The summed E-state index contributed by atoms with van der Waals surface area (Å²) in [7, 11) is -1.02. The third-order valence-electron chi connectivity index (χ3n) is 1.77. The Hall–Kier alpha value is -0.680. The Labute approximate surface area is 86.1 Å². The minimum absolute atomic E-state index is 0.677. The largest absolute Gasteiger partial charge is 0.268 e. The van der Waals surface area contributed by atoms with Gasteiger partial charge in [0.2, 0.25) is 0 Å². The Morgan fingerprint density at radius 2 is 2.31 bits per heavy atom. The molecule has 0 saturated carbocycles. The lowest BCUT2D eigenvalue weighted by molar-refractivity contribution is 0.684. The van der Waals surface area contributed by atoms with Gasteiger partial charge in [0, 0.05) is 16.1 Å². The standard InChI is InChI=1S/C8H7BrN2OS/c1-13(12)8-6-4-5(9)2-3-7(6)10-11-8/h2-4H,1H3,(H,10,11)/t13-/m0/s1. The van der Waals surface area contributed by atoms with Gasteiger partial charge in [-0.2, -0.15) is 5.10 Å². The third-order valence-corrected chi connectivity index (χ3v) is 3.15. The van der Waals surface area contributed by atoms with E-state index in [1.54, 1.807) is 6.26 Å². The molecule has 0 aliphatic rings. The Morgan fingerprint density at radius 1 is 1.54 bits per heavy atom. The first kappa shape index (κ1) is 8.90. The summed E-state index contributed by atoms with van der Waals surface area (Å²) in [5.41, 5.74) is 0.841. The molecule has 0 spiro atoms. The number of aromatic amines is 1. The van der Waals surface area contributed by atoms with E-state index in [4.69, 9.17) is 0 Å². The SMILES string of the molecule is C[S@](=O)c1[nH]nc2ccc(Br)cc12. The van der Waals surface area contributed by atoms with E-state index < -0.39 is 10.8 Å². The number of halogens is 1. The zero-order chi connectivity index (χ0) is 9.42. The van der Waals surface area contributed by atoms with Gasteiger partial charge in [0.05, 0.1) is 16.3 Å². The van der Waals surface area contributed by atoms with Crippen molar-refractivity contribution in [1.82, 2.24) is 10.2 Å². The van der Waals surface area contributed by atoms with Gasteiger partial charge < -0.3 is 0 Å². The summed E-state index contributed by atoms with van der Waals surface area (Å²) in [4.78, 5) is 0. The maximum absolute atomic E-state index is 11.3.